The summed E-state index contributed by atoms with van der Waals surface area (Å²) in [6.45, 7) is 0.579. The first-order valence-corrected chi connectivity index (χ1v) is 9.11. The third-order valence-corrected chi connectivity index (χ3v) is 5.04. The van der Waals surface area contributed by atoms with Gasteiger partial charge in [0.05, 0.1) is 30.7 Å². The highest BCUT2D eigenvalue weighted by Crippen LogP contribution is 2.40. The van der Waals surface area contributed by atoms with Gasteiger partial charge in [-0.3, -0.25) is 14.8 Å². The van der Waals surface area contributed by atoms with Crippen LogP contribution in [-0.2, 0) is 16.0 Å². The van der Waals surface area contributed by atoms with Crippen molar-refractivity contribution in [3.05, 3.63) is 36.0 Å². The fraction of sp³-hybridized carbons (Fsp3) is 0.263. The summed E-state index contributed by atoms with van der Waals surface area (Å²) in [4.78, 5) is 25.4. The zero-order valence-electron chi connectivity index (χ0n) is 15.5. The van der Waals surface area contributed by atoms with Gasteiger partial charge in [-0.05, 0) is 12.1 Å². The molecule has 0 radical (unpaired) electrons. The first kappa shape index (κ1) is 17.3. The number of likely N-dealkylation sites (N-methyl/N-ethyl adjacent to an activating group) is 1. The molecule has 148 valence electrons. The van der Waals surface area contributed by atoms with Gasteiger partial charge >= 0.3 is 6.09 Å². The Morgan fingerprint density at radius 3 is 3.03 bits per heavy atom. The molecule has 1 aromatic carbocycles. The van der Waals surface area contributed by atoms with Gasteiger partial charge in [-0.2, -0.15) is 5.10 Å². The van der Waals surface area contributed by atoms with Gasteiger partial charge in [0.2, 0.25) is 0 Å². The molecule has 2 aromatic heterocycles. The molecule has 1 atom stereocenters. The minimum Gasteiger partial charge on any atom is -0.492 e. The molecular weight excluding hydrogens is 378 g/mol. The third-order valence-electron chi connectivity index (χ3n) is 5.04. The van der Waals surface area contributed by atoms with E-state index in [-0.39, 0.29) is 12.5 Å². The number of fused-ring (bicyclic) bond motifs is 3. The molecule has 2 amide bonds. The highest BCUT2D eigenvalue weighted by atomic mass is 16.6. The van der Waals surface area contributed by atoms with Gasteiger partial charge in [-0.1, -0.05) is 5.16 Å². The molecule has 4 heterocycles. The number of carbonyl (C=O) groups excluding carboxylic acids is 2. The molecule has 0 aliphatic carbocycles. The van der Waals surface area contributed by atoms with E-state index in [1.165, 1.54) is 11.9 Å². The number of amides is 2. The third kappa shape index (κ3) is 2.80. The molecule has 0 bridgehead atoms. The lowest BCUT2D eigenvalue weighted by Gasteiger charge is -2.15. The van der Waals surface area contributed by atoms with E-state index >= 15 is 0 Å². The second kappa shape index (κ2) is 6.66. The van der Waals surface area contributed by atoms with Crippen LogP contribution in [-0.4, -0.2) is 53.7 Å². The van der Waals surface area contributed by atoms with E-state index in [9.17, 15) is 9.59 Å². The molecule has 2 aliphatic rings. The van der Waals surface area contributed by atoms with Crippen molar-refractivity contribution in [3.8, 4) is 28.5 Å². The quantitative estimate of drug-likeness (QED) is 0.692. The number of hydrogen-bond donors (Lipinski definition) is 2. The summed E-state index contributed by atoms with van der Waals surface area (Å²) in [5, 5.41) is 13.7. The predicted molar refractivity (Wildman–Crippen MR) is 100 cm³/mol. The summed E-state index contributed by atoms with van der Waals surface area (Å²) < 4.78 is 16.3. The molecule has 2 N–H and O–H groups in total. The number of hydrogen-bond acceptors (Lipinski definition) is 7. The van der Waals surface area contributed by atoms with E-state index in [0.29, 0.717) is 30.2 Å². The molecule has 5 rings (SSSR count). The molecule has 10 nitrogen and oxygen atoms in total. The van der Waals surface area contributed by atoms with Crippen LogP contribution < -0.4 is 15.0 Å². The van der Waals surface area contributed by atoms with E-state index in [1.807, 2.05) is 6.07 Å². The van der Waals surface area contributed by atoms with Gasteiger partial charge in [-0.15, -0.1) is 0 Å². The first-order chi connectivity index (χ1) is 14.2. The summed E-state index contributed by atoms with van der Waals surface area (Å²) in [6.07, 6.45) is 0.808. The Labute approximate surface area is 164 Å². The number of anilines is 1. The minimum absolute atomic E-state index is 0.139. The monoisotopic (exact) mass is 395 g/mol. The summed E-state index contributed by atoms with van der Waals surface area (Å²) >= 11 is 0. The summed E-state index contributed by atoms with van der Waals surface area (Å²) in [5.41, 5.74) is 3.92. The number of nitrogens with one attached hydrogen (secondary N) is 2. The first-order valence-electron chi connectivity index (χ1n) is 9.11. The van der Waals surface area contributed by atoms with Crippen LogP contribution in [0.4, 0.5) is 10.5 Å². The standard InChI is InChI=1S/C19H17N5O5/c1-20-18(25)15-9-24(19(26)28-15)10-2-3-11-14(8-10)27-7-5-12-16(11)22-23-17(12)13-4-6-21-29-13/h2-4,6,8,15H,5,7,9H2,1H3,(H,20,25)(H,22,23)/t15-/m1/s1. The highest BCUT2D eigenvalue weighted by Gasteiger charge is 2.37. The second-order valence-corrected chi connectivity index (χ2v) is 6.68. The number of ether oxygens (including phenoxy) is 2. The summed E-state index contributed by atoms with van der Waals surface area (Å²) in [7, 11) is 1.50. The Balaban J connectivity index is 1.49. The van der Waals surface area contributed by atoms with Crippen LogP contribution in [0.25, 0.3) is 22.7 Å². The molecular formula is C19H17N5O5. The molecule has 2 aliphatic heterocycles. The predicted octanol–water partition coefficient (Wildman–Crippen LogP) is 1.74. The van der Waals surface area contributed by atoms with Crippen molar-refractivity contribution in [1.82, 2.24) is 20.7 Å². The highest BCUT2D eigenvalue weighted by molar-refractivity contribution is 5.96. The molecule has 0 spiro atoms. The van der Waals surface area contributed by atoms with Crippen LogP contribution in [0.2, 0.25) is 0 Å². The number of benzene rings is 1. The Kier molecular flexibility index (Phi) is 3.97. The van der Waals surface area contributed by atoms with Gasteiger partial charge < -0.3 is 19.3 Å². The maximum atomic E-state index is 12.2. The average molecular weight is 395 g/mol. The fourth-order valence-corrected chi connectivity index (χ4v) is 3.61. The molecule has 3 aromatic rings. The molecule has 0 saturated carbocycles. The number of aromatic amines is 1. The van der Waals surface area contributed by atoms with Crippen molar-refractivity contribution < 1.29 is 23.6 Å². The average Bonchev–Trinajstić information content (AvgIpc) is 3.45. The number of rotatable bonds is 3. The van der Waals surface area contributed by atoms with Gasteiger partial charge in [0.1, 0.15) is 11.4 Å². The maximum Gasteiger partial charge on any atom is 0.415 e. The lowest BCUT2D eigenvalue weighted by atomic mass is 10.0. The smallest absolute Gasteiger partial charge is 0.415 e. The van der Waals surface area contributed by atoms with E-state index in [4.69, 9.17) is 14.0 Å². The van der Waals surface area contributed by atoms with E-state index in [0.717, 1.165) is 22.5 Å². The van der Waals surface area contributed by atoms with Crippen LogP contribution in [0.3, 0.4) is 0 Å². The van der Waals surface area contributed by atoms with Gasteiger partial charge in [0.15, 0.2) is 11.9 Å². The lowest BCUT2D eigenvalue weighted by molar-refractivity contribution is -0.127. The Hall–Kier alpha value is -3.82. The molecule has 10 heteroatoms. The Morgan fingerprint density at radius 1 is 1.34 bits per heavy atom. The van der Waals surface area contributed by atoms with Crippen molar-refractivity contribution in [3.63, 3.8) is 0 Å². The normalized spacial score (nSPS) is 17.8. The number of carbonyl (C=O) groups is 2. The Morgan fingerprint density at radius 2 is 2.24 bits per heavy atom. The largest absolute Gasteiger partial charge is 0.492 e. The van der Waals surface area contributed by atoms with Crippen molar-refractivity contribution >= 4 is 17.7 Å². The van der Waals surface area contributed by atoms with Crippen LogP contribution in [0.1, 0.15) is 5.56 Å². The van der Waals surface area contributed by atoms with E-state index in [2.05, 4.69) is 20.7 Å². The van der Waals surface area contributed by atoms with Crippen molar-refractivity contribution in [2.45, 2.75) is 12.5 Å². The number of aromatic nitrogens is 3. The molecule has 1 fully saturated rings. The van der Waals surface area contributed by atoms with Crippen molar-refractivity contribution in [1.29, 1.82) is 0 Å². The van der Waals surface area contributed by atoms with Crippen LogP contribution >= 0.6 is 0 Å². The fourth-order valence-electron chi connectivity index (χ4n) is 3.61. The zero-order valence-corrected chi connectivity index (χ0v) is 15.5. The van der Waals surface area contributed by atoms with Gasteiger partial charge in [-0.25, -0.2) is 4.79 Å². The summed E-state index contributed by atoms with van der Waals surface area (Å²) in [6, 6.07) is 7.17. The number of cyclic esters (lactones) is 1. The van der Waals surface area contributed by atoms with Gasteiger partial charge in [0.25, 0.3) is 5.91 Å². The van der Waals surface area contributed by atoms with Crippen molar-refractivity contribution in [2.75, 3.05) is 25.1 Å². The van der Waals surface area contributed by atoms with Crippen LogP contribution in [0, 0.1) is 0 Å². The second-order valence-electron chi connectivity index (χ2n) is 6.68. The number of H-pyrrole nitrogens is 1. The SMILES string of the molecule is CNC(=O)[C@H]1CN(c2ccc3c(c2)OCCc2c-3n[nH]c2-c2ccno2)C(=O)O1. The molecule has 1 saturated heterocycles. The van der Waals surface area contributed by atoms with Crippen LogP contribution in [0.5, 0.6) is 5.75 Å². The van der Waals surface area contributed by atoms with Gasteiger partial charge in [0, 0.05) is 36.7 Å². The minimum atomic E-state index is -0.838. The molecule has 29 heavy (non-hydrogen) atoms. The number of nitrogens with zero attached hydrogens (tertiary/aromatic N) is 3. The van der Waals surface area contributed by atoms with Crippen molar-refractivity contribution in [2.24, 2.45) is 0 Å². The molecule has 0 unspecified atom stereocenters. The lowest BCUT2D eigenvalue weighted by Crippen LogP contribution is -2.35. The maximum absolute atomic E-state index is 12.2. The van der Waals surface area contributed by atoms with Crippen LogP contribution in [0.15, 0.2) is 35.0 Å². The topological polar surface area (TPSA) is 123 Å². The van der Waals surface area contributed by atoms with E-state index in [1.54, 1.807) is 24.4 Å². The summed E-state index contributed by atoms with van der Waals surface area (Å²) in [5.74, 6) is 0.875. The zero-order chi connectivity index (χ0) is 20.0. The van der Waals surface area contributed by atoms with E-state index < -0.39 is 12.2 Å². The Bertz CT molecular complexity index is 1090.